The molecule has 0 aliphatic heterocycles. The molecule has 1 aliphatic carbocycles. The summed E-state index contributed by atoms with van der Waals surface area (Å²) in [6, 6.07) is 12.1. The fourth-order valence-corrected chi connectivity index (χ4v) is 5.05. The molecule has 1 atom stereocenters. The second-order valence-corrected chi connectivity index (χ2v) is 8.50. The second kappa shape index (κ2) is 8.78. The zero-order valence-corrected chi connectivity index (χ0v) is 18.0. The zero-order chi connectivity index (χ0) is 22.9. The lowest BCUT2D eigenvalue weighted by atomic mass is 9.80. The van der Waals surface area contributed by atoms with Gasteiger partial charge in [-0.3, -0.25) is 4.79 Å². The summed E-state index contributed by atoms with van der Waals surface area (Å²) in [6.07, 6.45) is -1.94. The molecule has 1 aliphatic rings. The third-order valence-corrected chi connectivity index (χ3v) is 6.61. The molecular formula is C24H20F3NO3S. The summed E-state index contributed by atoms with van der Waals surface area (Å²) in [5.74, 6) is -1.04. The normalized spacial score (nSPS) is 15.7. The van der Waals surface area contributed by atoms with Crippen molar-refractivity contribution in [3.63, 3.8) is 0 Å². The highest BCUT2D eigenvalue weighted by molar-refractivity contribution is 7.15. The van der Waals surface area contributed by atoms with E-state index in [-0.39, 0.29) is 11.5 Å². The van der Waals surface area contributed by atoms with Crippen LogP contribution in [0.3, 0.4) is 0 Å². The van der Waals surface area contributed by atoms with Gasteiger partial charge in [0, 0.05) is 5.56 Å². The predicted molar refractivity (Wildman–Crippen MR) is 116 cm³/mol. The van der Waals surface area contributed by atoms with E-state index in [4.69, 9.17) is 4.74 Å². The molecule has 0 spiro atoms. The van der Waals surface area contributed by atoms with E-state index in [1.54, 1.807) is 0 Å². The van der Waals surface area contributed by atoms with Crippen LogP contribution in [0.15, 0.2) is 53.9 Å². The molecule has 2 aromatic carbocycles. The van der Waals surface area contributed by atoms with E-state index < -0.39 is 23.6 Å². The molecule has 0 saturated heterocycles. The summed E-state index contributed by atoms with van der Waals surface area (Å²) < 4.78 is 43.3. The van der Waals surface area contributed by atoms with Crippen molar-refractivity contribution in [1.82, 2.24) is 0 Å². The highest BCUT2D eigenvalue weighted by atomic mass is 32.1. The van der Waals surface area contributed by atoms with E-state index in [1.807, 2.05) is 17.5 Å². The van der Waals surface area contributed by atoms with Crippen LogP contribution in [0.1, 0.15) is 55.3 Å². The van der Waals surface area contributed by atoms with Gasteiger partial charge in [0.25, 0.3) is 5.91 Å². The molecule has 1 aromatic heterocycles. The van der Waals surface area contributed by atoms with Gasteiger partial charge in [0.15, 0.2) is 0 Å². The number of alkyl halides is 3. The number of hydrogen-bond donors (Lipinski definition) is 1. The number of carbonyl (C=O) groups excluding carboxylic acids is 2. The average molecular weight is 459 g/mol. The highest BCUT2D eigenvalue weighted by Gasteiger charge is 2.31. The number of anilines is 1. The van der Waals surface area contributed by atoms with Gasteiger partial charge in [-0.15, -0.1) is 11.3 Å². The monoisotopic (exact) mass is 459 g/mol. The van der Waals surface area contributed by atoms with Crippen LogP contribution < -0.4 is 5.32 Å². The van der Waals surface area contributed by atoms with E-state index in [1.165, 1.54) is 29.6 Å². The van der Waals surface area contributed by atoms with Gasteiger partial charge in [-0.25, -0.2) is 4.79 Å². The maximum Gasteiger partial charge on any atom is 0.416 e. The fourth-order valence-electron chi connectivity index (χ4n) is 4.03. The van der Waals surface area contributed by atoms with Gasteiger partial charge in [0.05, 0.1) is 18.2 Å². The third kappa shape index (κ3) is 4.41. The molecule has 4 rings (SSSR count). The number of thiophene rings is 1. The van der Waals surface area contributed by atoms with Crippen LogP contribution in [-0.2, 0) is 23.8 Å². The largest absolute Gasteiger partial charge is 0.465 e. The molecule has 0 bridgehead atoms. The summed E-state index contributed by atoms with van der Waals surface area (Å²) >= 11 is 1.21. The van der Waals surface area contributed by atoms with E-state index in [9.17, 15) is 22.8 Å². The maximum absolute atomic E-state index is 12.8. The molecule has 1 unspecified atom stereocenters. The van der Waals surface area contributed by atoms with Gasteiger partial charge >= 0.3 is 12.1 Å². The molecule has 0 fully saturated rings. The van der Waals surface area contributed by atoms with Crippen molar-refractivity contribution in [3.05, 3.63) is 87.3 Å². The smallest absolute Gasteiger partial charge is 0.416 e. The molecule has 32 heavy (non-hydrogen) atoms. The first-order chi connectivity index (χ1) is 15.3. The lowest BCUT2D eigenvalue weighted by Crippen LogP contribution is -2.18. The van der Waals surface area contributed by atoms with E-state index >= 15 is 0 Å². The van der Waals surface area contributed by atoms with E-state index in [2.05, 4.69) is 17.4 Å². The fraction of sp³-hybridized carbons (Fsp3) is 0.250. The standard InChI is InChI=1S/C24H20F3NO3S/c1-31-23(30)20-19(17-7-6-14-4-2-3-5-16(14)12-17)13-32-22(20)28-21(29)15-8-10-18(11-9-15)24(25,26)27/h2-5,8-11,13,17H,6-7,12H2,1H3,(H,28,29). The number of carbonyl (C=O) groups is 2. The van der Waals surface area contributed by atoms with Gasteiger partial charge in [0.2, 0.25) is 0 Å². The maximum atomic E-state index is 12.8. The number of fused-ring (bicyclic) bond motifs is 1. The minimum atomic E-state index is -4.48. The number of amides is 1. The lowest BCUT2D eigenvalue weighted by molar-refractivity contribution is -0.137. The van der Waals surface area contributed by atoms with Gasteiger partial charge in [-0.2, -0.15) is 13.2 Å². The quantitative estimate of drug-likeness (QED) is 0.481. The van der Waals surface area contributed by atoms with Crippen LogP contribution in [0.2, 0.25) is 0 Å². The number of esters is 1. The van der Waals surface area contributed by atoms with Crippen LogP contribution >= 0.6 is 11.3 Å². The molecule has 1 amide bonds. The molecule has 166 valence electrons. The van der Waals surface area contributed by atoms with Crippen molar-refractivity contribution in [1.29, 1.82) is 0 Å². The predicted octanol–water partition coefficient (Wildman–Crippen LogP) is 6.08. The molecule has 1 N–H and O–H groups in total. The number of aryl methyl sites for hydroxylation is 1. The molecule has 0 radical (unpaired) electrons. The second-order valence-electron chi connectivity index (χ2n) is 7.62. The summed E-state index contributed by atoms with van der Waals surface area (Å²) in [4.78, 5) is 25.2. The van der Waals surface area contributed by atoms with Crippen molar-refractivity contribution >= 4 is 28.2 Å². The SMILES string of the molecule is COC(=O)c1c(C2CCc3ccccc3C2)csc1NC(=O)c1ccc(C(F)(F)F)cc1. The molecule has 1 heterocycles. The Hall–Kier alpha value is -3.13. The van der Waals surface area contributed by atoms with Crippen molar-refractivity contribution < 1.29 is 27.5 Å². The number of hydrogen-bond acceptors (Lipinski definition) is 4. The zero-order valence-electron chi connectivity index (χ0n) is 17.2. The van der Waals surface area contributed by atoms with Crippen molar-refractivity contribution in [2.75, 3.05) is 12.4 Å². The minimum Gasteiger partial charge on any atom is -0.465 e. The summed E-state index contributed by atoms with van der Waals surface area (Å²) in [6.45, 7) is 0. The molecule has 0 saturated carbocycles. The molecule has 3 aromatic rings. The van der Waals surface area contributed by atoms with Crippen LogP contribution in [0, 0.1) is 0 Å². The number of ether oxygens (including phenoxy) is 1. The van der Waals surface area contributed by atoms with E-state index in [0.717, 1.165) is 49.1 Å². The first-order valence-electron chi connectivity index (χ1n) is 10.0. The topological polar surface area (TPSA) is 55.4 Å². The molecule has 4 nitrogen and oxygen atoms in total. The molecular weight excluding hydrogens is 439 g/mol. The van der Waals surface area contributed by atoms with Gasteiger partial charge in [-0.1, -0.05) is 24.3 Å². The lowest BCUT2D eigenvalue weighted by Gasteiger charge is -2.25. The molecule has 8 heteroatoms. The summed E-state index contributed by atoms with van der Waals surface area (Å²) in [5.41, 5.74) is 2.90. The summed E-state index contributed by atoms with van der Waals surface area (Å²) in [5, 5.41) is 4.86. The number of benzene rings is 2. The highest BCUT2D eigenvalue weighted by Crippen LogP contribution is 2.40. The van der Waals surface area contributed by atoms with Gasteiger partial charge in [-0.05, 0) is 71.5 Å². The van der Waals surface area contributed by atoms with Crippen LogP contribution in [0.4, 0.5) is 18.2 Å². The number of halogens is 3. The van der Waals surface area contributed by atoms with Crippen LogP contribution in [-0.4, -0.2) is 19.0 Å². The van der Waals surface area contributed by atoms with Crippen LogP contribution in [0.5, 0.6) is 0 Å². The van der Waals surface area contributed by atoms with Crippen molar-refractivity contribution in [2.45, 2.75) is 31.4 Å². The van der Waals surface area contributed by atoms with Crippen molar-refractivity contribution in [3.8, 4) is 0 Å². The summed E-state index contributed by atoms with van der Waals surface area (Å²) in [7, 11) is 1.28. The third-order valence-electron chi connectivity index (χ3n) is 5.70. The Morgan fingerprint density at radius 2 is 1.75 bits per heavy atom. The average Bonchev–Trinajstić information content (AvgIpc) is 3.21. The Morgan fingerprint density at radius 1 is 1.06 bits per heavy atom. The van der Waals surface area contributed by atoms with Crippen molar-refractivity contribution in [2.24, 2.45) is 0 Å². The Kier molecular flexibility index (Phi) is 6.06. The number of rotatable bonds is 4. The Morgan fingerprint density at radius 3 is 2.41 bits per heavy atom. The first-order valence-corrected chi connectivity index (χ1v) is 10.9. The van der Waals surface area contributed by atoms with Crippen LogP contribution in [0.25, 0.3) is 0 Å². The first kappa shape index (κ1) is 22.1. The van der Waals surface area contributed by atoms with E-state index in [0.29, 0.717) is 10.6 Å². The minimum absolute atomic E-state index is 0.0651. The van der Waals surface area contributed by atoms with Gasteiger partial charge < -0.3 is 10.1 Å². The Bertz CT molecular complexity index is 1150. The Balaban J connectivity index is 1.59. The van der Waals surface area contributed by atoms with Gasteiger partial charge in [0.1, 0.15) is 5.00 Å². The Labute approximate surface area is 187 Å². The number of methoxy groups -OCH3 is 1. The number of nitrogens with one attached hydrogen (secondary N) is 1.